The normalized spacial score (nSPS) is 17.8. The van der Waals surface area contributed by atoms with Gasteiger partial charge < -0.3 is 0 Å². The predicted molar refractivity (Wildman–Crippen MR) is 147 cm³/mol. The van der Waals surface area contributed by atoms with E-state index in [1.807, 2.05) is 0 Å². The Labute approximate surface area is 201 Å². The Morgan fingerprint density at radius 2 is 1.15 bits per heavy atom. The first-order valence-corrected chi connectivity index (χ1v) is 15.6. The van der Waals surface area contributed by atoms with Crippen molar-refractivity contribution in [2.75, 3.05) is 0 Å². The molecule has 2 aliphatic carbocycles. The molecule has 0 radical (unpaired) electrons. The summed E-state index contributed by atoms with van der Waals surface area (Å²) in [6, 6.07) is 23.7. The Hall–Kier alpha value is -2.38. The minimum absolute atomic E-state index is 0.149. The molecule has 170 valence electrons. The molecule has 5 rings (SSSR count). The maximum Gasteiger partial charge on any atom is 0.0723 e. The van der Waals surface area contributed by atoms with E-state index in [2.05, 4.69) is 127 Å². The van der Waals surface area contributed by atoms with Crippen molar-refractivity contribution in [2.45, 2.75) is 76.5 Å². The number of hydrogen-bond donors (Lipinski definition) is 0. The molecule has 0 heterocycles. The molecule has 2 aliphatic rings. The molecule has 0 nitrogen and oxygen atoms in total. The van der Waals surface area contributed by atoms with Crippen LogP contribution in [0.1, 0.15) is 86.0 Å². The number of allylic oxidation sites excluding steroid dienone is 1. The van der Waals surface area contributed by atoms with Gasteiger partial charge in [0.15, 0.2) is 0 Å². The quantitative estimate of drug-likeness (QED) is 0.342. The topological polar surface area (TPSA) is 0 Å². The number of benzene rings is 3. The van der Waals surface area contributed by atoms with Crippen LogP contribution in [0.15, 0.2) is 66.7 Å². The Morgan fingerprint density at radius 1 is 0.636 bits per heavy atom. The second-order valence-corrected chi connectivity index (χ2v) is 17.7. The molecule has 1 atom stereocenters. The summed E-state index contributed by atoms with van der Waals surface area (Å²) in [7, 11) is -1.84. The number of hydrogen-bond acceptors (Lipinski definition) is 0. The molecular weight excluding hydrogens is 412 g/mol. The third-order valence-electron chi connectivity index (χ3n) is 8.09. The summed E-state index contributed by atoms with van der Waals surface area (Å²) in [5, 5.41) is 0. The molecule has 1 unspecified atom stereocenters. The van der Waals surface area contributed by atoms with Gasteiger partial charge in [0.1, 0.15) is 0 Å². The zero-order valence-corrected chi connectivity index (χ0v) is 22.6. The van der Waals surface area contributed by atoms with Gasteiger partial charge in [0, 0.05) is 5.54 Å². The van der Waals surface area contributed by atoms with Crippen LogP contribution in [-0.2, 0) is 10.8 Å². The molecule has 3 aromatic rings. The van der Waals surface area contributed by atoms with E-state index in [4.69, 9.17) is 0 Å². The number of rotatable bonds is 2. The molecule has 0 saturated heterocycles. The maximum absolute atomic E-state index is 2.63. The van der Waals surface area contributed by atoms with Gasteiger partial charge in [-0.1, -0.05) is 127 Å². The first kappa shape index (κ1) is 22.4. The molecule has 3 aromatic carbocycles. The minimum atomic E-state index is -1.84. The van der Waals surface area contributed by atoms with Crippen molar-refractivity contribution in [2.24, 2.45) is 0 Å². The lowest BCUT2D eigenvalue weighted by molar-refractivity contribution is 0.589. The summed E-state index contributed by atoms with van der Waals surface area (Å²) >= 11 is 0. The van der Waals surface area contributed by atoms with Crippen molar-refractivity contribution in [3.05, 3.63) is 100 Å². The summed E-state index contributed by atoms with van der Waals surface area (Å²) in [4.78, 5) is 0. The molecule has 0 fully saturated rings. The first-order chi connectivity index (χ1) is 15.4. The predicted octanol–water partition coefficient (Wildman–Crippen LogP) is 8.99. The van der Waals surface area contributed by atoms with Crippen molar-refractivity contribution in [3.8, 4) is 11.1 Å². The van der Waals surface area contributed by atoms with E-state index in [0.29, 0.717) is 11.1 Å². The van der Waals surface area contributed by atoms with E-state index in [9.17, 15) is 0 Å². The zero-order chi connectivity index (χ0) is 23.8. The first-order valence-electron chi connectivity index (χ1n) is 12.5. The maximum atomic E-state index is 2.63. The fourth-order valence-electron chi connectivity index (χ4n) is 6.07. The SMILES string of the molecule is CC(C)(C)c1ccc2c(c1)C([Si](C)(C)C1C=Cc3ccccc31)c1cc(C(C)(C)C)ccc1-2. The average molecular weight is 451 g/mol. The Kier molecular flexibility index (Phi) is 4.96. The van der Waals surface area contributed by atoms with E-state index < -0.39 is 8.07 Å². The Bertz CT molecular complexity index is 1200. The van der Waals surface area contributed by atoms with Gasteiger partial charge in [0.2, 0.25) is 0 Å². The monoisotopic (exact) mass is 450 g/mol. The lowest BCUT2D eigenvalue weighted by Gasteiger charge is -2.37. The van der Waals surface area contributed by atoms with Crippen LogP contribution in [0.3, 0.4) is 0 Å². The number of fused-ring (bicyclic) bond motifs is 4. The minimum Gasteiger partial charge on any atom is -0.0791 e. The highest BCUT2D eigenvalue weighted by Gasteiger charge is 2.47. The third-order valence-corrected chi connectivity index (χ3v) is 12.3. The van der Waals surface area contributed by atoms with Gasteiger partial charge >= 0.3 is 0 Å². The van der Waals surface area contributed by atoms with Gasteiger partial charge in [0.25, 0.3) is 0 Å². The molecule has 33 heavy (non-hydrogen) atoms. The molecule has 0 saturated carbocycles. The summed E-state index contributed by atoms with van der Waals surface area (Å²) < 4.78 is 0. The van der Waals surface area contributed by atoms with Gasteiger partial charge in [-0.15, -0.1) is 0 Å². The van der Waals surface area contributed by atoms with E-state index in [-0.39, 0.29) is 10.8 Å². The van der Waals surface area contributed by atoms with Crippen LogP contribution in [0.4, 0.5) is 0 Å². The summed E-state index contributed by atoms with van der Waals surface area (Å²) in [6.45, 7) is 19.3. The van der Waals surface area contributed by atoms with Crippen molar-refractivity contribution in [1.29, 1.82) is 0 Å². The molecule has 0 amide bonds. The third kappa shape index (κ3) is 3.56. The van der Waals surface area contributed by atoms with Crippen molar-refractivity contribution in [3.63, 3.8) is 0 Å². The smallest absolute Gasteiger partial charge is 0.0723 e. The van der Waals surface area contributed by atoms with E-state index in [0.717, 1.165) is 0 Å². The molecule has 0 aliphatic heterocycles. The standard InChI is InChI=1S/C32H38Si/c1-31(2,3)22-14-16-25-26-17-15-23(32(4,5)6)20-28(26)30(27(25)19-22)33(7,8)29-18-13-21-11-9-10-12-24(21)29/h9-20,29-30H,1-8H3. The van der Waals surface area contributed by atoms with Gasteiger partial charge in [-0.05, 0) is 60.9 Å². The van der Waals surface area contributed by atoms with Crippen molar-refractivity contribution < 1.29 is 0 Å². The molecule has 0 aromatic heterocycles. The lowest BCUT2D eigenvalue weighted by Crippen LogP contribution is -2.41. The van der Waals surface area contributed by atoms with E-state index >= 15 is 0 Å². The van der Waals surface area contributed by atoms with Crippen LogP contribution in [0.5, 0.6) is 0 Å². The van der Waals surface area contributed by atoms with Gasteiger partial charge in [0.05, 0.1) is 8.07 Å². The molecule has 0 spiro atoms. The van der Waals surface area contributed by atoms with Crippen molar-refractivity contribution in [1.82, 2.24) is 0 Å². The highest BCUT2D eigenvalue weighted by molar-refractivity contribution is 6.81. The second-order valence-electron chi connectivity index (χ2n) is 12.8. The highest BCUT2D eigenvalue weighted by Crippen LogP contribution is 2.54. The second kappa shape index (κ2) is 7.31. The zero-order valence-electron chi connectivity index (χ0n) is 21.6. The highest BCUT2D eigenvalue weighted by atomic mass is 28.3. The Balaban J connectivity index is 1.73. The molecule has 0 N–H and O–H groups in total. The van der Waals surface area contributed by atoms with Crippen LogP contribution in [0.25, 0.3) is 17.2 Å². The van der Waals surface area contributed by atoms with Crippen LogP contribution in [0, 0.1) is 0 Å². The van der Waals surface area contributed by atoms with Crippen LogP contribution in [-0.4, -0.2) is 8.07 Å². The van der Waals surface area contributed by atoms with Gasteiger partial charge in [-0.25, -0.2) is 0 Å². The summed E-state index contributed by atoms with van der Waals surface area (Å²) in [5.74, 6) is 0. The Morgan fingerprint density at radius 3 is 1.67 bits per heavy atom. The van der Waals surface area contributed by atoms with E-state index in [1.54, 1.807) is 11.1 Å². The average Bonchev–Trinajstić information content (AvgIpc) is 3.31. The fraction of sp³-hybridized carbons (Fsp3) is 0.375. The van der Waals surface area contributed by atoms with Crippen LogP contribution >= 0.6 is 0 Å². The summed E-state index contributed by atoms with van der Waals surface area (Å²) in [6.07, 6.45) is 4.87. The fourth-order valence-corrected chi connectivity index (χ4v) is 10.2. The molecule has 0 bridgehead atoms. The van der Waals surface area contributed by atoms with E-state index in [1.165, 1.54) is 33.4 Å². The van der Waals surface area contributed by atoms with Crippen LogP contribution in [0.2, 0.25) is 13.1 Å². The van der Waals surface area contributed by atoms with Gasteiger partial charge in [-0.2, -0.15) is 0 Å². The molecule has 1 heteroatoms. The molecular formula is C32H38Si. The lowest BCUT2D eigenvalue weighted by atomic mass is 9.85. The summed E-state index contributed by atoms with van der Waals surface area (Å²) in [5.41, 5.74) is 13.2. The van der Waals surface area contributed by atoms with Crippen molar-refractivity contribution >= 4 is 14.1 Å². The van der Waals surface area contributed by atoms with Crippen LogP contribution < -0.4 is 0 Å². The largest absolute Gasteiger partial charge is 0.0791 e. The van der Waals surface area contributed by atoms with Gasteiger partial charge in [-0.3, -0.25) is 0 Å².